The summed E-state index contributed by atoms with van der Waals surface area (Å²) >= 11 is 1.62. The van der Waals surface area contributed by atoms with Crippen LogP contribution in [0.25, 0.3) is 0 Å². The lowest BCUT2D eigenvalue weighted by Crippen LogP contribution is -2.30. The van der Waals surface area contributed by atoms with Crippen molar-refractivity contribution in [1.82, 2.24) is 5.32 Å². The Kier molecular flexibility index (Phi) is 7.07. The molecular formula is C20H23NO3S. The normalized spacial score (nSPS) is 11.8. The predicted octanol–water partition coefficient (Wildman–Crippen LogP) is 3.98. The fourth-order valence-electron chi connectivity index (χ4n) is 2.54. The van der Waals surface area contributed by atoms with Crippen molar-refractivity contribution < 1.29 is 14.7 Å². The second-order valence-corrected chi connectivity index (χ2v) is 6.86. The molecular weight excluding hydrogens is 334 g/mol. The topological polar surface area (TPSA) is 66.4 Å². The molecule has 2 rings (SSSR count). The van der Waals surface area contributed by atoms with Gasteiger partial charge in [0.25, 0.3) is 0 Å². The van der Waals surface area contributed by atoms with Crippen molar-refractivity contribution in [3.63, 3.8) is 0 Å². The number of hydrogen-bond donors (Lipinski definition) is 2. The van der Waals surface area contributed by atoms with Gasteiger partial charge in [-0.15, -0.1) is 11.8 Å². The van der Waals surface area contributed by atoms with Gasteiger partial charge in [-0.2, -0.15) is 0 Å². The number of carboxylic acid groups (broad SMARTS) is 1. The molecule has 2 aromatic rings. The molecule has 0 saturated heterocycles. The molecule has 1 amide bonds. The van der Waals surface area contributed by atoms with E-state index in [4.69, 9.17) is 5.11 Å². The number of aliphatic carboxylic acids is 1. The van der Waals surface area contributed by atoms with Crippen LogP contribution in [0.3, 0.4) is 0 Å². The lowest BCUT2D eigenvalue weighted by atomic mass is 10.0. The van der Waals surface area contributed by atoms with E-state index in [1.54, 1.807) is 11.8 Å². The zero-order valence-electron chi connectivity index (χ0n) is 14.5. The number of rotatable bonds is 8. The van der Waals surface area contributed by atoms with Gasteiger partial charge in [0.15, 0.2) is 0 Å². The van der Waals surface area contributed by atoms with Crippen LogP contribution in [0, 0.1) is 6.92 Å². The van der Waals surface area contributed by atoms with Crippen molar-refractivity contribution in [2.24, 2.45) is 0 Å². The number of carbonyl (C=O) groups excluding carboxylic acids is 1. The highest BCUT2D eigenvalue weighted by molar-refractivity contribution is 7.98. The fourth-order valence-corrected chi connectivity index (χ4v) is 2.95. The lowest BCUT2D eigenvalue weighted by Gasteiger charge is -2.18. The zero-order valence-corrected chi connectivity index (χ0v) is 15.3. The molecule has 0 fully saturated rings. The van der Waals surface area contributed by atoms with E-state index in [1.165, 1.54) is 5.56 Å². The van der Waals surface area contributed by atoms with Crippen molar-refractivity contribution in [3.05, 3.63) is 65.2 Å². The van der Waals surface area contributed by atoms with Crippen molar-refractivity contribution in [2.45, 2.75) is 37.1 Å². The number of amides is 1. The summed E-state index contributed by atoms with van der Waals surface area (Å²) in [5, 5.41) is 12.0. The molecule has 0 heterocycles. The summed E-state index contributed by atoms with van der Waals surface area (Å²) in [5.74, 6) is -1.07. The fraction of sp³-hybridized carbons (Fsp3) is 0.300. The number of thioether (sulfide) groups is 1. The van der Waals surface area contributed by atoms with Crippen LogP contribution in [0.15, 0.2) is 53.4 Å². The first-order chi connectivity index (χ1) is 12.0. The summed E-state index contributed by atoms with van der Waals surface area (Å²) in [6.45, 7) is 2.02. The van der Waals surface area contributed by atoms with E-state index in [0.717, 1.165) is 16.0 Å². The first-order valence-electron chi connectivity index (χ1n) is 8.18. The van der Waals surface area contributed by atoms with Crippen LogP contribution >= 0.6 is 11.8 Å². The van der Waals surface area contributed by atoms with E-state index in [0.29, 0.717) is 12.8 Å². The summed E-state index contributed by atoms with van der Waals surface area (Å²) in [5.41, 5.74) is 3.09. The Labute approximate surface area is 152 Å². The average molecular weight is 357 g/mol. The number of carbonyl (C=O) groups is 2. The van der Waals surface area contributed by atoms with Crippen molar-refractivity contribution in [1.29, 1.82) is 0 Å². The van der Waals surface area contributed by atoms with Gasteiger partial charge in [-0.05, 0) is 42.9 Å². The molecule has 0 aliphatic heterocycles. The van der Waals surface area contributed by atoms with Crippen molar-refractivity contribution in [3.8, 4) is 0 Å². The molecule has 1 unspecified atom stereocenters. The van der Waals surface area contributed by atoms with Crippen LogP contribution in [0.4, 0.5) is 0 Å². The third-order valence-electron chi connectivity index (χ3n) is 3.99. The van der Waals surface area contributed by atoms with Gasteiger partial charge in [0, 0.05) is 11.3 Å². The van der Waals surface area contributed by atoms with Gasteiger partial charge in [-0.25, -0.2) is 0 Å². The largest absolute Gasteiger partial charge is 0.481 e. The molecule has 1 atom stereocenters. The van der Waals surface area contributed by atoms with E-state index >= 15 is 0 Å². The lowest BCUT2D eigenvalue weighted by molar-refractivity contribution is -0.137. The van der Waals surface area contributed by atoms with E-state index in [1.807, 2.05) is 61.7 Å². The minimum atomic E-state index is -0.933. The third kappa shape index (κ3) is 6.27. The van der Waals surface area contributed by atoms with Gasteiger partial charge in [0.2, 0.25) is 5.91 Å². The first kappa shape index (κ1) is 19.1. The molecule has 0 aliphatic carbocycles. The highest BCUT2D eigenvalue weighted by Crippen LogP contribution is 2.21. The van der Waals surface area contributed by atoms with Crippen LogP contribution in [0.1, 0.15) is 35.6 Å². The summed E-state index contributed by atoms with van der Waals surface area (Å²) in [6.07, 6.45) is 2.82. The highest BCUT2D eigenvalue weighted by Gasteiger charge is 2.18. The van der Waals surface area contributed by atoms with Gasteiger partial charge in [0.05, 0.1) is 12.5 Å². The average Bonchev–Trinajstić information content (AvgIpc) is 2.60. The molecule has 0 aliphatic rings. The SMILES string of the molecule is CSc1ccc(C(CC(=O)O)NC(=O)CCc2ccc(C)cc2)cc1. The molecule has 0 spiro atoms. The Bertz CT molecular complexity index is 711. The maximum Gasteiger partial charge on any atom is 0.305 e. The minimum absolute atomic E-state index is 0.130. The molecule has 5 heteroatoms. The molecule has 0 saturated carbocycles. The van der Waals surface area contributed by atoms with Crippen molar-refractivity contribution in [2.75, 3.05) is 6.26 Å². The maximum atomic E-state index is 12.3. The Morgan fingerprint density at radius 1 is 1.08 bits per heavy atom. The summed E-state index contributed by atoms with van der Waals surface area (Å²) in [7, 11) is 0. The molecule has 0 bridgehead atoms. The molecule has 2 N–H and O–H groups in total. The number of aryl methyl sites for hydroxylation is 2. The van der Waals surface area contributed by atoms with Gasteiger partial charge >= 0.3 is 5.97 Å². The number of benzene rings is 2. The van der Waals surface area contributed by atoms with Gasteiger partial charge in [0.1, 0.15) is 0 Å². The van der Waals surface area contributed by atoms with Crippen LogP contribution < -0.4 is 5.32 Å². The van der Waals surface area contributed by atoms with E-state index < -0.39 is 12.0 Å². The van der Waals surface area contributed by atoms with E-state index in [9.17, 15) is 9.59 Å². The van der Waals surface area contributed by atoms with Crippen LogP contribution in [-0.2, 0) is 16.0 Å². The number of carboxylic acids is 1. The van der Waals surface area contributed by atoms with E-state index in [2.05, 4.69) is 5.32 Å². The van der Waals surface area contributed by atoms with Crippen LogP contribution in [-0.4, -0.2) is 23.2 Å². The second kappa shape index (κ2) is 9.28. The van der Waals surface area contributed by atoms with Gasteiger partial charge < -0.3 is 10.4 Å². The molecule has 2 aromatic carbocycles. The Balaban J connectivity index is 1.98. The Morgan fingerprint density at radius 3 is 2.28 bits per heavy atom. The Morgan fingerprint density at radius 2 is 1.72 bits per heavy atom. The van der Waals surface area contributed by atoms with E-state index in [-0.39, 0.29) is 12.3 Å². The molecule has 132 valence electrons. The highest BCUT2D eigenvalue weighted by atomic mass is 32.2. The zero-order chi connectivity index (χ0) is 18.2. The van der Waals surface area contributed by atoms with Crippen molar-refractivity contribution >= 4 is 23.6 Å². The van der Waals surface area contributed by atoms with Gasteiger partial charge in [-0.3, -0.25) is 9.59 Å². The smallest absolute Gasteiger partial charge is 0.305 e. The minimum Gasteiger partial charge on any atom is -0.481 e. The molecule has 0 radical (unpaired) electrons. The molecule has 25 heavy (non-hydrogen) atoms. The Hall–Kier alpha value is -2.27. The van der Waals surface area contributed by atoms with Crippen LogP contribution in [0.2, 0.25) is 0 Å². The quantitative estimate of drug-likeness (QED) is 0.701. The molecule has 4 nitrogen and oxygen atoms in total. The second-order valence-electron chi connectivity index (χ2n) is 5.98. The number of nitrogens with one attached hydrogen (secondary N) is 1. The summed E-state index contributed by atoms with van der Waals surface area (Å²) in [6, 6.07) is 15.2. The van der Waals surface area contributed by atoms with Gasteiger partial charge in [-0.1, -0.05) is 42.0 Å². The predicted molar refractivity (Wildman–Crippen MR) is 101 cm³/mol. The first-order valence-corrected chi connectivity index (χ1v) is 9.41. The number of hydrogen-bond acceptors (Lipinski definition) is 3. The molecule has 0 aromatic heterocycles. The summed E-state index contributed by atoms with van der Waals surface area (Å²) in [4.78, 5) is 24.5. The summed E-state index contributed by atoms with van der Waals surface area (Å²) < 4.78 is 0. The monoisotopic (exact) mass is 357 g/mol. The standard InChI is InChI=1S/C20H23NO3S/c1-14-3-5-15(6-4-14)7-12-19(22)21-18(13-20(23)24)16-8-10-17(25-2)11-9-16/h3-6,8-11,18H,7,12-13H2,1-2H3,(H,21,22)(H,23,24). The third-order valence-corrected chi connectivity index (χ3v) is 4.74. The maximum absolute atomic E-state index is 12.3. The van der Waals surface area contributed by atoms with Crippen LogP contribution in [0.5, 0.6) is 0 Å².